The molecule has 0 aliphatic carbocycles. The predicted molar refractivity (Wildman–Crippen MR) is 180 cm³/mol. The molecule has 1 saturated heterocycles. The Morgan fingerprint density at radius 1 is 0.837 bits per heavy atom. The van der Waals surface area contributed by atoms with E-state index in [1.807, 2.05) is 17.9 Å². The molecule has 49 heavy (non-hydrogen) atoms. The van der Waals surface area contributed by atoms with Crippen molar-refractivity contribution in [2.75, 3.05) is 57.1 Å². The van der Waals surface area contributed by atoms with E-state index in [9.17, 15) is 18.0 Å². The van der Waals surface area contributed by atoms with E-state index in [-0.39, 0.29) is 30.1 Å². The average molecular weight is 682 g/mol. The first-order valence-electron chi connectivity index (χ1n) is 16.0. The van der Waals surface area contributed by atoms with Crippen LogP contribution in [0.5, 0.6) is 17.2 Å². The van der Waals surface area contributed by atoms with E-state index < -0.39 is 23.6 Å². The number of likely N-dealkylation sites (N-methyl/N-ethyl adjacent to an activating group) is 1. The molecule has 1 aromatic heterocycles. The molecule has 3 aromatic carbocycles. The van der Waals surface area contributed by atoms with Gasteiger partial charge < -0.3 is 29.7 Å². The molecule has 1 fully saturated rings. The van der Waals surface area contributed by atoms with Gasteiger partial charge in [-0.1, -0.05) is 19.1 Å². The van der Waals surface area contributed by atoms with Gasteiger partial charge >= 0.3 is 12.2 Å². The van der Waals surface area contributed by atoms with Crippen LogP contribution in [0.2, 0.25) is 0 Å². The molecule has 2 heterocycles. The molecule has 0 saturated carbocycles. The number of methoxy groups -OCH3 is 1. The van der Waals surface area contributed by atoms with Crippen LogP contribution in [-0.4, -0.2) is 67.3 Å². The smallest absolute Gasteiger partial charge is 0.416 e. The molecule has 1 aliphatic heterocycles. The van der Waals surface area contributed by atoms with Crippen LogP contribution in [0, 0.1) is 5.82 Å². The highest BCUT2D eigenvalue weighted by Gasteiger charge is 2.34. The normalized spacial score (nSPS) is 13.9. The Bertz CT molecular complexity index is 1750. The van der Waals surface area contributed by atoms with Gasteiger partial charge in [-0.2, -0.15) is 13.2 Å². The number of benzene rings is 3. The molecule has 5 rings (SSSR count). The number of carbonyl (C=O) groups is 1. The van der Waals surface area contributed by atoms with Gasteiger partial charge in [0.1, 0.15) is 29.7 Å². The number of alkyl halides is 3. The number of carbonyl (C=O) groups excluding carboxylic acids is 1. The summed E-state index contributed by atoms with van der Waals surface area (Å²) in [5, 5.41) is 4.77. The minimum absolute atomic E-state index is 0.0627. The molecule has 0 spiro atoms. The average Bonchev–Trinajstić information content (AvgIpc) is 3.09. The van der Waals surface area contributed by atoms with Gasteiger partial charge in [0.15, 0.2) is 0 Å². The van der Waals surface area contributed by atoms with Gasteiger partial charge in [-0.25, -0.2) is 9.18 Å². The SMILES string of the molecule is CCOc1cc(OC)ccc1COc1cncc(-c2ccc(NC(=O)Nc3ccc(CN4CCN(CC)CC4)c(C(F)(F)F)c3)c(F)c2)c1. The number of hydrogen-bond acceptors (Lipinski definition) is 7. The molecule has 0 unspecified atom stereocenters. The first-order valence-corrected chi connectivity index (χ1v) is 16.0. The fourth-order valence-corrected chi connectivity index (χ4v) is 5.53. The third-order valence-corrected chi connectivity index (χ3v) is 8.21. The van der Waals surface area contributed by atoms with Crippen LogP contribution in [0.25, 0.3) is 11.1 Å². The maximum Gasteiger partial charge on any atom is 0.416 e. The number of pyridine rings is 1. The van der Waals surface area contributed by atoms with E-state index in [2.05, 4.69) is 27.4 Å². The number of piperazine rings is 1. The number of halogens is 4. The maximum absolute atomic E-state index is 15.2. The number of hydrogen-bond donors (Lipinski definition) is 2. The molecule has 0 radical (unpaired) electrons. The van der Waals surface area contributed by atoms with Crippen molar-refractivity contribution in [3.8, 4) is 28.4 Å². The molecular weight excluding hydrogens is 642 g/mol. The number of ether oxygens (including phenoxy) is 3. The second-order valence-electron chi connectivity index (χ2n) is 11.5. The lowest BCUT2D eigenvalue weighted by Crippen LogP contribution is -2.45. The number of nitrogens with one attached hydrogen (secondary N) is 2. The van der Waals surface area contributed by atoms with Gasteiger partial charge in [0.25, 0.3) is 0 Å². The molecule has 13 heteroatoms. The summed E-state index contributed by atoms with van der Waals surface area (Å²) >= 11 is 0. The van der Waals surface area contributed by atoms with Crippen LogP contribution in [0.3, 0.4) is 0 Å². The number of aromatic nitrogens is 1. The molecule has 1 aliphatic rings. The lowest BCUT2D eigenvalue weighted by atomic mass is 10.0. The van der Waals surface area contributed by atoms with Crippen molar-refractivity contribution in [3.63, 3.8) is 0 Å². The van der Waals surface area contributed by atoms with Crippen molar-refractivity contribution in [2.24, 2.45) is 0 Å². The monoisotopic (exact) mass is 681 g/mol. The minimum Gasteiger partial charge on any atom is -0.497 e. The van der Waals surface area contributed by atoms with Crippen LogP contribution in [0.1, 0.15) is 30.5 Å². The molecule has 4 aromatic rings. The van der Waals surface area contributed by atoms with Crippen LogP contribution < -0.4 is 24.8 Å². The van der Waals surface area contributed by atoms with Crippen LogP contribution in [0.4, 0.5) is 33.7 Å². The lowest BCUT2D eigenvalue weighted by molar-refractivity contribution is -0.138. The predicted octanol–water partition coefficient (Wildman–Crippen LogP) is 7.67. The zero-order valence-corrected chi connectivity index (χ0v) is 27.6. The summed E-state index contributed by atoms with van der Waals surface area (Å²) in [4.78, 5) is 21.2. The van der Waals surface area contributed by atoms with Crippen molar-refractivity contribution in [1.29, 1.82) is 0 Å². The lowest BCUT2D eigenvalue weighted by Gasteiger charge is -2.34. The second kappa shape index (κ2) is 16.0. The Hall–Kier alpha value is -4.88. The first-order chi connectivity index (χ1) is 23.6. The summed E-state index contributed by atoms with van der Waals surface area (Å²) in [6.07, 6.45) is -1.53. The van der Waals surface area contributed by atoms with E-state index in [4.69, 9.17) is 14.2 Å². The number of rotatable bonds is 12. The molecular formula is C36H39F4N5O4. The zero-order valence-electron chi connectivity index (χ0n) is 27.6. The third-order valence-electron chi connectivity index (χ3n) is 8.21. The molecule has 0 atom stereocenters. The maximum atomic E-state index is 15.2. The van der Waals surface area contributed by atoms with E-state index in [0.717, 1.165) is 31.3 Å². The highest BCUT2D eigenvalue weighted by Crippen LogP contribution is 2.35. The van der Waals surface area contributed by atoms with Gasteiger partial charge in [-0.15, -0.1) is 0 Å². The summed E-state index contributed by atoms with van der Waals surface area (Å²) in [7, 11) is 1.57. The number of nitrogens with zero attached hydrogens (tertiary/aromatic N) is 3. The van der Waals surface area contributed by atoms with Gasteiger partial charge in [0, 0.05) is 61.8 Å². The Kier molecular flexibility index (Phi) is 11.6. The van der Waals surface area contributed by atoms with Crippen LogP contribution in [-0.2, 0) is 19.3 Å². The Labute approximate surface area is 282 Å². The topological polar surface area (TPSA) is 88.2 Å². The van der Waals surface area contributed by atoms with Gasteiger partial charge in [0.2, 0.25) is 0 Å². The molecule has 9 nitrogen and oxygen atoms in total. The highest BCUT2D eigenvalue weighted by molar-refractivity contribution is 6.00. The summed E-state index contributed by atoms with van der Waals surface area (Å²) in [5.74, 6) is 0.994. The fourth-order valence-electron chi connectivity index (χ4n) is 5.53. The number of urea groups is 1. The minimum atomic E-state index is -4.62. The molecule has 260 valence electrons. The zero-order chi connectivity index (χ0) is 35.0. The Balaban J connectivity index is 1.22. The van der Waals surface area contributed by atoms with E-state index >= 15 is 4.39 Å². The molecule has 2 amide bonds. The van der Waals surface area contributed by atoms with Crippen molar-refractivity contribution < 1.29 is 36.6 Å². The Morgan fingerprint density at radius 2 is 1.59 bits per heavy atom. The quantitative estimate of drug-likeness (QED) is 0.148. The highest BCUT2D eigenvalue weighted by atomic mass is 19.4. The summed E-state index contributed by atoms with van der Waals surface area (Å²) in [6, 6.07) is 14.1. The van der Waals surface area contributed by atoms with Crippen LogP contribution >= 0.6 is 0 Å². The number of amides is 2. The first kappa shape index (κ1) is 35.4. The standard InChI is InChI=1S/C36H39F4N5O4/c1-4-44-12-14-45(15-13-44)22-25-6-9-28(18-31(25)36(38,39)40)42-35(46)43-33-11-8-24(17-32(33)37)27-16-30(21-41-20-27)49-23-26-7-10-29(47-3)19-34(26)48-5-2/h6-11,16-21H,4-5,12-15,22-23H2,1-3H3,(H2,42,43,46). The third kappa shape index (κ3) is 9.39. The van der Waals surface area contributed by atoms with E-state index in [1.165, 1.54) is 30.5 Å². The summed E-state index contributed by atoms with van der Waals surface area (Å²) in [5.41, 5.74) is 0.944. The molecule has 2 N–H and O–H groups in total. The van der Waals surface area contributed by atoms with Crippen molar-refractivity contribution in [1.82, 2.24) is 14.8 Å². The fraction of sp³-hybridized carbons (Fsp3) is 0.333. The van der Waals surface area contributed by atoms with Crippen molar-refractivity contribution in [2.45, 2.75) is 33.2 Å². The van der Waals surface area contributed by atoms with Crippen LogP contribution in [0.15, 0.2) is 73.1 Å². The van der Waals surface area contributed by atoms with Crippen molar-refractivity contribution >= 4 is 17.4 Å². The summed E-state index contributed by atoms with van der Waals surface area (Å²) < 4.78 is 74.1. The van der Waals surface area contributed by atoms with E-state index in [1.54, 1.807) is 37.6 Å². The van der Waals surface area contributed by atoms with Gasteiger partial charge in [0.05, 0.1) is 31.2 Å². The van der Waals surface area contributed by atoms with Gasteiger partial charge in [-0.05, 0) is 67.1 Å². The van der Waals surface area contributed by atoms with Crippen molar-refractivity contribution in [3.05, 3.63) is 95.6 Å². The van der Waals surface area contributed by atoms with E-state index in [0.29, 0.717) is 48.1 Å². The summed E-state index contributed by atoms with van der Waals surface area (Å²) in [6.45, 7) is 8.61. The molecule has 0 bridgehead atoms. The second-order valence-corrected chi connectivity index (χ2v) is 11.5. The largest absolute Gasteiger partial charge is 0.497 e. The number of anilines is 2. The van der Waals surface area contributed by atoms with Gasteiger partial charge in [-0.3, -0.25) is 9.88 Å². The Morgan fingerprint density at radius 3 is 2.29 bits per heavy atom.